The van der Waals surface area contributed by atoms with Crippen LogP contribution in [0.4, 0.5) is 11.4 Å². The molecule has 0 saturated carbocycles. The van der Waals surface area contributed by atoms with E-state index in [0.29, 0.717) is 17.7 Å². The van der Waals surface area contributed by atoms with Gasteiger partial charge >= 0.3 is 0 Å². The van der Waals surface area contributed by atoms with Crippen molar-refractivity contribution in [3.63, 3.8) is 0 Å². The lowest BCUT2D eigenvalue weighted by Crippen LogP contribution is -2.10. The Morgan fingerprint density at radius 1 is 1.40 bits per heavy atom. The number of benzene rings is 1. The van der Waals surface area contributed by atoms with E-state index in [4.69, 9.17) is 0 Å². The van der Waals surface area contributed by atoms with Crippen molar-refractivity contribution in [1.82, 2.24) is 4.98 Å². The lowest BCUT2D eigenvalue weighted by Gasteiger charge is -2.10. The van der Waals surface area contributed by atoms with Gasteiger partial charge < -0.3 is 5.32 Å². The second-order valence-corrected chi connectivity index (χ2v) is 6.02. The molecular formula is C13H15N3O3S. The molecule has 1 aromatic heterocycles. The zero-order valence-corrected chi connectivity index (χ0v) is 12.1. The molecule has 2 aromatic rings. The van der Waals surface area contributed by atoms with Crippen molar-refractivity contribution in [3.05, 3.63) is 40.2 Å². The zero-order chi connectivity index (χ0) is 14.7. The molecule has 1 atom stereocenters. The second kappa shape index (κ2) is 5.96. The number of nitrogens with one attached hydrogen (secondary N) is 1. The standard InChI is InChI=1S/C13H15N3O3S/c1-9-7-10-11(8-15-9)13(16(17)18)4-3-12(10)14-5-6-20(2)19/h3-4,7-8,14H,5-6H2,1-2H3. The molecule has 0 aliphatic carbocycles. The maximum atomic E-state index is 11.1. The van der Waals surface area contributed by atoms with E-state index < -0.39 is 15.7 Å². The molecular weight excluding hydrogens is 278 g/mol. The van der Waals surface area contributed by atoms with Crippen molar-refractivity contribution in [2.45, 2.75) is 6.92 Å². The van der Waals surface area contributed by atoms with Crippen molar-refractivity contribution in [3.8, 4) is 0 Å². The van der Waals surface area contributed by atoms with E-state index in [1.807, 2.05) is 13.0 Å². The van der Waals surface area contributed by atoms with Crippen LogP contribution in [0.15, 0.2) is 24.4 Å². The molecule has 1 unspecified atom stereocenters. The number of aromatic nitrogens is 1. The molecule has 1 N–H and O–H groups in total. The molecule has 0 spiro atoms. The van der Waals surface area contributed by atoms with Gasteiger partial charge in [-0.1, -0.05) is 0 Å². The van der Waals surface area contributed by atoms with Crippen molar-refractivity contribution in [1.29, 1.82) is 0 Å². The third kappa shape index (κ3) is 3.11. The van der Waals surface area contributed by atoms with E-state index >= 15 is 0 Å². The Kier molecular flexibility index (Phi) is 4.29. The highest BCUT2D eigenvalue weighted by Crippen LogP contribution is 2.31. The van der Waals surface area contributed by atoms with Gasteiger partial charge in [-0.05, 0) is 19.1 Å². The Morgan fingerprint density at radius 2 is 2.15 bits per heavy atom. The van der Waals surface area contributed by atoms with Crippen LogP contribution in [0, 0.1) is 17.0 Å². The van der Waals surface area contributed by atoms with E-state index in [1.54, 1.807) is 12.3 Å². The molecule has 0 aliphatic heterocycles. The van der Waals surface area contributed by atoms with E-state index in [2.05, 4.69) is 10.3 Å². The predicted octanol–water partition coefficient (Wildman–Crippen LogP) is 2.24. The summed E-state index contributed by atoms with van der Waals surface area (Å²) in [6.45, 7) is 2.39. The van der Waals surface area contributed by atoms with E-state index in [9.17, 15) is 14.3 Å². The maximum absolute atomic E-state index is 11.1. The highest BCUT2D eigenvalue weighted by Gasteiger charge is 2.14. The Morgan fingerprint density at radius 3 is 2.80 bits per heavy atom. The van der Waals surface area contributed by atoms with Gasteiger partial charge in [-0.3, -0.25) is 19.3 Å². The first-order chi connectivity index (χ1) is 9.49. The van der Waals surface area contributed by atoms with Crippen LogP contribution >= 0.6 is 0 Å². The minimum absolute atomic E-state index is 0.0390. The van der Waals surface area contributed by atoms with Gasteiger partial charge in [-0.2, -0.15) is 0 Å². The van der Waals surface area contributed by atoms with Crippen LogP contribution < -0.4 is 5.32 Å². The SMILES string of the molecule is Cc1cc2c(NCCS(C)=O)ccc([N+](=O)[O-])c2cn1. The monoisotopic (exact) mass is 293 g/mol. The number of pyridine rings is 1. The summed E-state index contributed by atoms with van der Waals surface area (Å²) in [5, 5.41) is 15.5. The van der Waals surface area contributed by atoms with Crippen LogP contribution in [0.25, 0.3) is 10.8 Å². The summed E-state index contributed by atoms with van der Waals surface area (Å²) < 4.78 is 11.1. The minimum atomic E-state index is -0.872. The van der Waals surface area contributed by atoms with Gasteiger partial charge in [-0.25, -0.2) is 0 Å². The number of hydrogen-bond acceptors (Lipinski definition) is 5. The summed E-state index contributed by atoms with van der Waals surface area (Å²) in [6, 6.07) is 4.96. The number of fused-ring (bicyclic) bond motifs is 1. The first-order valence-corrected chi connectivity index (χ1v) is 7.79. The molecule has 0 saturated heterocycles. The van der Waals surface area contributed by atoms with Gasteiger partial charge in [-0.15, -0.1) is 0 Å². The summed E-state index contributed by atoms with van der Waals surface area (Å²) in [6.07, 6.45) is 3.16. The summed E-state index contributed by atoms with van der Waals surface area (Å²) in [7, 11) is -0.872. The van der Waals surface area contributed by atoms with Gasteiger partial charge in [0.1, 0.15) is 0 Å². The van der Waals surface area contributed by atoms with Crippen molar-refractivity contribution >= 4 is 32.9 Å². The first kappa shape index (κ1) is 14.4. The highest BCUT2D eigenvalue weighted by atomic mass is 32.2. The second-order valence-electron chi connectivity index (χ2n) is 4.46. The number of rotatable bonds is 5. The third-order valence-corrected chi connectivity index (χ3v) is 3.70. The third-order valence-electron chi connectivity index (χ3n) is 2.92. The number of aryl methyl sites for hydroxylation is 1. The van der Waals surface area contributed by atoms with Crippen LogP contribution in [-0.2, 0) is 10.8 Å². The van der Waals surface area contributed by atoms with Crippen molar-refractivity contribution < 1.29 is 9.13 Å². The first-order valence-electron chi connectivity index (χ1n) is 6.06. The summed E-state index contributed by atoms with van der Waals surface area (Å²) in [5.41, 5.74) is 1.62. The Balaban J connectivity index is 2.45. The Bertz CT molecular complexity index is 688. The Hall–Kier alpha value is -2.02. The predicted molar refractivity (Wildman–Crippen MR) is 80.6 cm³/mol. The zero-order valence-electron chi connectivity index (χ0n) is 11.3. The normalized spacial score (nSPS) is 12.3. The van der Waals surface area contributed by atoms with Crippen LogP contribution in [0.5, 0.6) is 0 Å². The average Bonchev–Trinajstić information content (AvgIpc) is 2.38. The van der Waals surface area contributed by atoms with E-state index in [0.717, 1.165) is 16.8 Å². The fourth-order valence-electron chi connectivity index (χ4n) is 1.97. The number of non-ortho nitro benzene ring substituents is 1. The number of anilines is 1. The molecule has 0 aliphatic rings. The summed E-state index contributed by atoms with van der Waals surface area (Å²) in [4.78, 5) is 14.7. The minimum Gasteiger partial charge on any atom is -0.384 e. The quantitative estimate of drug-likeness (QED) is 0.675. The lowest BCUT2D eigenvalue weighted by molar-refractivity contribution is -0.383. The smallest absolute Gasteiger partial charge is 0.278 e. The van der Waals surface area contributed by atoms with Crippen LogP contribution in [0.1, 0.15) is 5.69 Å². The van der Waals surface area contributed by atoms with E-state index in [-0.39, 0.29) is 5.69 Å². The largest absolute Gasteiger partial charge is 0.384 e. The molecule has 0 amide bonds. The Labute approximate surface area is 118 Å². The molecule has 1 heterocycles. The van der Waals surface area contributed by atoms with Crippen LogP contribution in [-0.4, -0.2) is 32.7 Å². The van der Waals surface area contributed by atoms with E-state index in [1.165, 1.54) is 12.3 Å². The average molecular weight is 293 g/mol. The lowest BCUT2D eigenvalue weighted by atomic mass is 10.1. The number of nitro groups is 1. The van der Waals surface area contributed by atoms with Gasteiger partial charge in [0.25, 0.3) is 5.69 Å². The highest BCUT2D eigenvalue weighted by molar-refractivity contribution is 7.84. The molecule has 2 rings (SSSR count). The van der Waals surface area contributed by atoms with Crippen molar-refractivity contribution in [2.75, 3.05) is 23.9 Å². The van der Waals surface area contributed by atoms with Gasteiger partial charge in [0.15, 0.2) is 0 Å². The number of nitrogens with zero attached hydrogens (tertiary/aromatic N) is 2. The fraction of sp³-hybridized carbons (Fsp3) is 0.308. The molecule has 6 nitrogen and oxygen atoms in total. The molecule has 20 heavy (non-hydrogen) atoms. The number of hydrogen-bond donors (Lipinski definition) is 1. The van der Waals surface area contributed by atoms with Crippen LogP contribution in [0.2, 0.25) is 0 Å². The molecule has 7 heteroatoms. The van der Waals surface area contributed by atoms with Gasteiger partial charge in [0.05, 0.1) is 10.3 Å². The van der Waals surface area contributed by atoms with Crippen LogP contribution in [0.3, 0.4) is 0 Å². The topological polar surface area (TPSA) is 85.1 Å². The molecule has 1 aromatic carbocycles. The van der Waals surface area contributed by atoms with Gasteiger partial charge in [0, 0.05) is 58.4 Å². The maximum Gasteiger partial charge on any atom is 0.278 e. The molecule has 0 bridgehead atoms. The molecule has 106 valence electrons. The number of nitro benzene ring substituents is 1. The van der Waals surface area contributed by atoms with Crippen molar-refractivity contribution in [2.24, 2.45) is 0 Å². The fourth-order valence-corrected chi connectivity index (χ4v) is 2.36. The summed E-state index contributed by atoms with van der Waals surface area (Å²) >= 11 is 0. The summed E-state index contributed by atoms with van der Waals surface area (Å²) in [5.74, 6) is 0.530. The molecule has 0 fully saturated rings. The molecule has 0 radical (unpaired) electrons. The van der Waals surface area contributed by atoms with Gasteiger partial charge in [0.2, 0.25) is 0 Å².